The van der Waals surface area contributed by atoms with Gasteiger partial charge in [-0.25, -0.2) is 4.39 Å². The van der Waals surface area contributed by atoms with Crippen molar-refractivity contribution in [2.45, 2.75) is 56.0 Å². The number of ketones is 2. The van der Waals surface area contributed by atoms with Crippen LogP contribution in [0.1, 0.15) is 65.4 Å². The molecule has 6 rings (SSSR count). The van der Waals surface area contributed by atoms with Crippen molar-refractivity contribution in [3.05, 3.63) is 177 Å². The Morgan fingerprint density at radius 3 is 0.895 bits per heavy atom. The average molecular weight is 1120 g/mol. The monoisotopic (exact) mass is 1120 g/mol. The van der Waals surface area contributed by atoms with Crippen LogP contribution in [0.4, 0.5) is 110 Å². The van der Waals surface area contributed by atoms with Gasteiger partial charge in [0.25, 0.3) is 11.5 Å². The number of benzene rings is 5. The van der Waals surface area contributed by atoms with Crippen LogP contribution in [0.2, 0.25) is 0 Å². The molecular formula is C46H24BF25N2O2. The summed E-state index contributed by atoms with van der Waals surface area (Å²) in [5, 5.41) is 0. The number of hydrogen-bond donors (Lipinski definition) is 0. The Bertz CT molecular complexity index is 2660. The van der Waals surface area contributed by atoms with Crippen LogP contribution in [0.3, 0.4) is 0 Å². The lowest BCUT2D eigenvalue weighted by molar-refractivity contribution is -0.685. The summed E-state index contributed by atoms with van der Waals surface area (Å²) >= 11 is 0. The maximum absolute atomic E-state index is 14.2. The minimum atomic E-state index is -6.13. The second-order valence-electron chi connectivity index (χ2n) is 16.2. The largest absolute Gasteiger partial charge is 0.416 e. The molecule has 408 valence electrons. The van der Waals surface area contributed by atoms with E-state index in [0.717, 1.165) is 0 Å². The smallest absolute Gasteiger partial charge is 0.287 e. The van der Waals surface area contributed by atoms with Crippen LogP contribution in [0, 0.1) is 0 Å². The van der Waals surface area contributed by atoms with E-state index < -0.39 is 207 Å². The number of nitrogens with zero attached hydrogens (tertiary/aromatic N) is 2. The van der Waals surface area contributed by atoms with E-state index in [0.29, 0.717) is 5.56 Å². The molecule has 1 heterocycles. The van der Waals surface area contributed by atoms with Crippen molar-refractivity contribution in [3.8, 4) is 0 Å². The fraction of sp³-hybridized carbons (Fsp3) is 0.217. The summed E-state index contributed by atoms with van der Waals surface area (Å²) in [6.07, 6.45) is -50.6. The zero-order valence-corrected chi connectivity index (χ0v) is 36.7. The molecule has 6 aromatic rings. The molecule has 76 heavy (non-hydrogen) atoms. The fourth-order valence-corrected chi connectivity index (χ4v) is 7.77. The van der Waals surface area contributed by atoms with Gasteiger partial charge in [0.15, 0.2) is 12.9 Å². The van der Waals surface area contributed by atoms with Crippen molar-refractivity contribution in [3.63, 3.8) is 0 Å². The molecule has 0 bridgehead atoms. The molecule has 5 aromatic carbocycles. The summed E-state index contributed by atoms with van der Waals surface area (Å²) in [6, 6.07) is -0.0821. The Labute approximate surface area is 408 Å². The Kier molecular flexibility index (Phi) is 16.3. The lowest BCUT2D eigenvalue weighted by Crippen LogP contribution is -2.75. The molecule has 0 aliphatic carbocycles. The molecule has 0 aliphatic heterocycles. The van der Waals surface area contributed by atoms with Crippen LogP contribution in [0.25, 0.3) is 0 Å². The highest BCUT2D eigenvalue weighted by Crippen LogP contribution is 2.41. The third-order valence-electron chi connectivity index (χ3n) is 11.1. The number of halogens is 25. The lowest BCUT2D eigenvalue weighted by Gasteiger charge is -2.46. The Balaban J connectivity index is 0.000000468. The zero-order chi connectivity index (χ0) is 57.6. The van der Waals surface area contributed by atoms with E-state index in [2.05, 4.69) is 4.98 Å². The average Bonchev–Trinajstić information content (AvgIpc) is 3.29. The Morgan fingerprint density at radius 1 is 0.395 bits per heavy atom. The minimum Gasteiger partial charge on any atom is -0.287 e. The predicted octanol–water partition coefficient (Wildman–Crippen LogP) is 12.6. The number of hydrogen-bond acceptors (Lipinski definition) is 3. The van der Waals surface area contributed by atoms with Crippen molar-refractivity contribution in [1.29, 1.82) is 0 Å². The summed E-state index contributed by atoms with van der Waals surface area (Å²) in [6.45, 7) is -1.13. The van der Waals surface area contributed by atoms with Gasteiger partial charge < -0.3 is 0 Å². The summed E-state index contributed by atoms with van der Waals surface area (Å²) in [5.74, 6) is -0.835. The number of carbonyl (C=O) groups excluding carboxylic acids is 2. The molecule has 0 saturated carbocycles. The first-order valence-corrected chi connectivity index (χ1v) is 20.3. The maximum atomic E-state index is 14.2. The molecule has 0 saturated heterocycles. The van der Waals surface area contributed by atoms with E-state index in [-0.39, 0.29) is 18.0 Å². The highest BCUT2D eigenvalue weighted by Gasteiger charge is 2.47. The normalized spacial score (nSPS) is 13.3. The highest BCUT2D eigenvalue weighted by atomic mass is 19.4. The molecule has 4 nitrogen and oxygen atoms in total. The van der Waals surface area contributed by atoms with E-state index in [1.807, 2.05) is 6.07 Å². The van der Waals surface area contributed by atoms with Gasteiger partial charge in [0.1, 0.15) is 12.3 Å². The fourth-order valence-electron chi connectivity index (χ4n) is 7.77. The zero-order valence-electron chi connectivity index (χ0n) is 36.7. The van der Waals surface area contributed by atoms with Crippen LogP contribution >= 0.6 is 0 Å². The minimum absolute atomic E-state index is 0.0202. The summed E-state index contributed by atoms with van der Waals surface area (Å²) in [7, 11) is 0. The van der Waals surface area contributed by atoms with E-state index in [1.165, 1.54) is 23.2 Å². The number of carbonyl (C=O) groups is 2. The first-order valence-electron chi connectivity index (χ1n) is 20.3. The number of alkyl halides is 25. The third kappa shape index (κ3) is 13.6. The maximum Gasteiger partial charge on any atom is 0.416 e. The molecule has 0 fully saturated rings. The molecule has 0 spiro atoms. The second-order valence-corrected chi connectivity index (χ2v) is 16.2. The lowest BCUT2D eigenvalue weighted by atomic mass is 9.12. The molecule has 0 unspecified atom stereocenters. The Morgan fingerprint density at radius 2 is 0.658 bits per heavy atom. The molecule has 1 aromatic heterocycles. The number of aromatic nitrogens is 2. The van der Waals surface area contributed by atoms with Crippen LogP contribution in [-0.4, -0.2) is 29.4 Å². The molecule has 0 radical (unpaired) electrons. The van der Waals surface area contributed by atoms with E-state index in [1.54, 1.807) is 24.3 Å². The molecule has 0 amide bonds. The molecule has 0 aliphatic rings. The second kappa shape index (κ2) is 20.8. The van der Waals surface area contributed by atoms with Crippen molar-refractivity contribution in [2.75, 3.05) is 6.67 Å². The number of Topliss-reactive ketones (excluding diaryl/α,β-unsaturated/α-hetero) is 2. The first kappa shape index (κ1) is 59.7. The van der Waals surface area contributed by atoms with Crippen molar-refractivity contribution in [2.24, 2.45) is 0 Å². The van der Waals surface area contributed by atoms with Crippen LogP contribution in [0.5, 0.6) is 0 Å². The SMILES string of the molecule is FC(F)(F)c1cc([B-](c2cc(C(F)(F)F)cc(C(F)(F)F)c2)(c2cc(C(F)(F)F)cc(C(F)(F)F)c2)c2cc(C(F)(F)F)cc(C(F)(F)F)c2)cc(C(F)(F)F)c1.O=C(C[n+]1ccncc1C(=O)CF)c1ccccc1. The van der Waals surface area contributed by atoms with Gasteiger partial charge in [0, 0.05) is 5.56 Å². The molecular weight excluding hydrogens is 1100 g/mol. The van der Waals surface area contributed by atoms with Gasteiger partial charge in [-0.05, 0) is 24.3 Å². The first-order chi connectivity index (χ1) is 34.5. The van der Waals surface area contributed by atoms with Gasteiger partial charge >= 0.3 is 49.4 Å². The topological polar surface area (TPSA) is 50.9 Å². The van der Waals surface area contributed by atoms with Gasteiger partial charge in [-0.15, -0.1) is 0 Å². The predicted molar refractivity (Wildman–Crippen MR) is 216 cm³/mol. The van der Waals surface area contributed by atoms with Gasteiger partial charge in [-0.3, -0.25) is 14.6 Å². The van der Waals surface area contributed by atoms with Crippen molar-refractivity contribution in [1.82, 2.24) is 4.98 Å². The third-order valence-corrected chi connectivity index (χ3v) is 11.1. The quantitative estimate of drug-likeness (QED) is 0.0627. The molecule has 0 atom stereocenters. The summed E-state index contributed by atoms with van der Waals surface area (Å²) in [4.78, 5) is 27.2. The van der Waals surface area contributed by atoms with Crippen LogP contribution in [0.15, 0.2) is 122 Å². The summed E-state index contributed by atoms with van der Waals surface area (Å²) < 4.78 is 355. The number of rotatable bonds is 9. The van der Waals surface area contributed by atoms with E-state index in [4.69, 9.17) is 0 Å². The summed E-state index contributed by atoms with van der Waals surface area (Å²) in [5.41, 5.74) is -29.6. The van der Waals surface area contributed by atoms with Gasteiger partial charge in [-0.2, -0.15) is 132 Å². The standard InChI is InChI=1S/C32H12BF24.C14H12FN2O2/c34-25(35,36)13-1-14(26(37,38)39)6-21(5-13)33(22-7-15(27(40,41)42)2-16(8-22)28(43,44)45,23-9-17(29(46,47)48)3-18(10-23)30(49,50)51)24-11-19(31(52,53)54)4-20(12-24)32(55,56)57;15-8-13(18)12-9-16-6-7-17(12)10-14(19)11-4-2-1-3-5-11/h1-12H;1-7,9H,8,10H2/q-1;+1. The van der Waals surface area contributed by atoms with Crippen LogP contribution in [-0.2, 0) is 56.0 Å². The van der Waals surface area contributed by atoms with Gasteiger partial charge in [0.2, 0.25) is 12.3 Å². The van der Waals surface area contributed by atoms with Crippen molar-refractivity contribution < 1.29 is 124 Å². The molecule has 0 N–H and O–H groups in total. The van der Waals surface area contributed by atoms with Gasteiger partial charge in [-0.1, -0.05) is 78.9 Å². The van der Waals surface area contributed by atoms with Crippen molar-refractivity contribution >= 4 is 39.6 Å². The van der Waals surface area contributed by atoms with E-state index in [9.17, 15) is 119 Å². The van der Waals surface area contributed by atoms with Gasteiger partial charge in [0.05, 0.1) is 50.7 Å². The highest BCUT2D eigenvalue weighted by molar-refractivity contribution is 7.20. The molecule has 30 heteroatoms. The van der Waals surface area contributed by atoms with Crippen LogP contribution < -0.4 is 26.4 Å². The van der Waals surface area contributed by atoms with E-state index >= 15 is 0 Å². The Hall–Kier alpha value is -7.17.